The molecule has 2 amide bonds. The molecule has 0 saturated carbocycles. The fourth-order valence-electron chi connectivity index (χ4n) is 10.2. The molecule has 112 heavy (non-hydrogen) atoms. The summed E-state index contributed by atoms with van der Waals surface area (Å²) < 4.78 is 24.7. The zero-order valence-corrected chi connectivity index (χ0v) is 73.8. The highest BCUT2D eigenvalue weighted by Gasteiger charge is 2.23. The van der Waals surface area contributed by atoms with Crippen LogP contribution < -0.4 is 25.2 Å². The van der Waals surface area contributed by atoms with Crippen LogP contribution in [0.4, 0.5) is 5.69 Å². The Bertz CT molecular complexity index is 4760. The summed E-state index contributed by atoms with van der Waals surface area (Å²) in [5.74, 6) is 2.98. The molecule has 18 rings (SSSR count). The number of hydrogen-bond donors (Lipinski definition) is 2. The van der Waals surface area contributed by atoms with Gasteiger partial charge >= 0.3 is 5.69 Å². The van der Waals surface area contributed by atoms with Crippen molar-refractivity contribution in [3.8, 4) is 17.2 Å². The van der Waals surface area contributed by atoms with Gasteiger partial charge in [0.05, 0.1) is 57.3 Å². The number of anilines is 1. The van der Waals surface area contributed by atoms with Crippen LogP contribution in [0.5, 0.6) is 17.2 Å². The third kappa shape index (κ3) is 31.5. The lowest BCUT2D eigenvalue weighted by Crippen LogP contribution is -2.44. The average Bonchev–Trinajstić information content (AvgIpc) is 0.911. The van der Waals surface area contributed by atoms with Crippen molar-refractivity contribution >= 4 is 83.1 Å². The molecular formula is C92H130N12O6S2. The minimum absolute atomic E-state index is 0.0573. The summed E-state index contributed by atoms with van der Waals surface area (Å²) in [5.41, 5.74) is 19.9. The van der Waals surface area contributed by atoms with Crippen LogP contribution in [0.25, 0.3) is 42.9 Å². The van der Waals surface area contributed by atoms with Gasteiger partial charge in [-0.25, -0.2) is 29.7 Å². The molecule has 6 aromatic carbocycles. The summed E-state index contributed by atoms with van der Waals surface area (Å²) in [5, 5.41) is 8.38. The number of amides is 2. The van der Waals surface area contributed by atoms with Gasteiger partial charge in [0.2, 0.25) is 12.7 Å². The van der Waals surface area contributed by atoms with Crippen LogP contribution in [0.3, 0.4) is 0 Å². The van der Waals surface area contributed by atoms with Crippen molar-refractivity contribution in [3.05, 3.63) is 273 Å². The minimum Gasteiger partial charge on any atom is -0.493 e. The summed E-state index contributed by atoms with van der Waals surface area (Å²) >= 11 is 3.35. The van der Waals surface area contributed by atoms with Gasteiger partial charge in [0.1, 0.15) is 11.4 Å². The maximum Gasteiger partial charge on any atom is 0.326 e. The number of allylic oxidation sites excluding steroid dienone is 2. The lowest BCUT2D eigenvalue weighted by molar-refractivity contribution is -0.135. The number of carbonyl (C=O) groups excluding carboxylic acids is 2. The van der Waals surface area contributed by atoms with Crippen LogP contribution >= 0.6 is 22.7 Å². The molecule has 0 bridgehead atoms. The molecule has 5 aliphatic rings. The number of ether oxygens (including phenoxy) is 3. The lowest BCUT2D eigenvalue weighted by Gasteiger charge is -2.35. The van der Waals surface area contributed by atoms with E-state index < -0.39 is 0 Å². The first kappa shape index (κ1) is 99.2. The predicted octanol–water partition coefficient (Wildman–Crippen LogP) is 24.2. The van der Waals surface area contributed by atoms with Gasteiger partial charge < -0.3 is 33.5 Å². The van der Waals surface area contributed by atoms with Gasteiger partial charge in [-0.3, -0.25) is 23.6 Å². The maximum absolute atomic E-state index is 11.5. The molecule has 0 saturated heterocycles. The van der Waals surface area contributed by atoms with Crippen molar-refractivity contribution in [1.29, 1.82) is 0 Å². The van der Waals surface area contributed by atoms with Gasteiger partial charge in [0.25, 0.3) is 5.91 Å². The van der Waals surface area contributed by atoms with Crippen molar-refractivity contribution in [2.75, 3.05) is 25.3 Å². The van der Waals surface area contributed by atoms with Crippen molar-refractivity contribution < 1.29 is 23.8 Å². The van der Waals surface area contributed by atoms with E-state index in [9.17, 15) is 14.4 Å². The Hall–Kier alpha value is -10.8. The van der Waals surface area contributed by atoms with Gasteiger partial charge in [-0.2, -0.15) is 0 Å². The Morgan fingerprint density at radius 1 is 0.482 bits per heavy atom. The van der Waals surface area contributed by atoms with E-state index >= 15 is 0 Å². The number of aryl methyl sites for hydroxylation is 9. The number of H-pyrrole nitrogens is 1. The molecule has 606 valence electrons. The highest BCUT2D eigenvalue weighted by Crippen LogP contribution is 2.32. The van der Waals surface area contributed by atoms with Gasteiger partial charge in [-0.1, -0.05) is 209 Å². The van der Waals surface area contributed by atoms with E-state index in [1.165, 1.54) is 55.0 Å². The number of rotatable bonds is 0. The number of benzene rings is 6. The van der Waals surface area contributed by atoms with Gasteiger partial charge in [-0.15, -0.1) is 22.7 Å². The molecule has 18 nitrogen and oxygen atoms in total. The number of hydrazine groups is 1. The van der Waals surface area contributed by atoms with Crippen LogP contribution in [0.1, 0.15) is 183 Å². The SMILES string of the molecule is CC.CC.CC.CC.CC.CC.CC.CC.CC.CC1=CCN2C=CC=CN2C1=O.Cc1ccc2c(c1)CCC(=O)N2.Cc1ccc2c(c1)CCO2.Cc1ccc2c(c1)OCO2.Cc1ccc2ncsc2c1.Cc1cnc2ccccn12.Cc1cnc2sccn12.Cn1c(=O)[nH]c2ccccc21.Cn1cnc2ccccc21. The average molecular weight is 1560 g/mol. The van der Waals surface area contributed by atoms with E-state index in [2.05, 4.69) is 108 Å². The van der Waals surface area contributed by atoms with Crippen LogP contribution in [0, 0.1) is 41.5 Å². The Labute approximate surface area is 677 Å². The lowest BCUT2D eigenvalue weighted by atomic mass is 10.0. The van der Waals surface area contributed by atoms with E-state index in [0.29, 0.717) is 13.2 Å². The zero-order chi connectivity index (χ0) is 84.1. The number of carbonyl (C=O) groups is 2. The Morgan fingerprint density at radius 2 is 1.06 bits per heavy atom. The highest BCUT2D eigenvalue weighted by molar-refractivity contribution is 7.16. The van der Waals surface area contributed by atoms with Crippen LogP contribution in [-0.2, 0) is 36.5 Å². The largest absolute Gasteiger partial charge is 0.493 e. The van der Waals surface area contributed by atoms with Gasteiger partial charge in [0.15, 0.2) is 16.5 Å². The molecule has 0 radical (unpaired) electrons. The first-order valence-electron chi connectivity index (χ1n) is 39.7. The second kappa shape index (κ2) is 57.3. The molecular weight excluding hydrogens is 1430 g/mol. The fraction of sp³-hybridized carbons (Fsp3) is 0.359. The molecule has 2 N–H and O–H groups in total. The third-order valence-corrected chi connectivity index (χ3v) is 17.0. The number of nitrogens with one attached hydrogen (secondary N) is 2. The molecule has 13 aromatic rings. The van der Waals surface area contributed by atoms with E-state index in [1.807, 2.05) is 326 Å². The number of thiazole rings is 2. The Balaban J connectivity index is 0.000000614. The Kier molecular flexibility index (Phi) is 50.7. The molecule has 0 aliphatic carbocycles. The molecule has 5 aliphatic heterocycles. The third-order valence-electron chi connectivity index (χ3n) is 15.4. The summed E-state index contributed by atoms with van der Waals surface area (Å²) in [6, 6.07) is 46.3. The van der Waals surface area contributed by atoms with E-state index in [4.69, 9.17) is 14.2 Å². The van der Waals surface area contributed by atoms with Crippen LogP contribution in [0.15, 0.2) is 223 Å². The molecule has 7 aromatic heterocycles. The molecule has 12 heterocycles. The predicted molar refractivity (Wildman–Crippen MR) is 480 cm³/mol. The smallest absolute Gasteiger partial charge is 0.326 e. The number of aromatic amines is 1. The zero-order valence-electron chi connectivity index (χ0n) is 72.2. The number of nitrogens with zero attached hydrogens (tertiary/aromatic N) is 10. The molecule has 0 unspecified atom stereocenters. The number of fused-ring (bicyclic) bond motifs is 9. The van der Waals surface area contributed by atoms with Crippen molar-refractivity contribution in [2.45, 2.75) is 192 Å². The van der Waals surface area contributed by atoms with Gasteiger partial charge in [0, 0.05) is 92.2 Å². The van der Waals surface area contributed by atoms with E-state index in [0.717, 1.165) is 87.2 Å². The van der Waals surface area contributed by atoms with E-state index in [-0.39, 0.29) is 17.5 Å². The topological polar surface area (TPSA) is 183 Å². The minimum atomic E-state index is -0.0637. The number of hydrogen-bond acceptors (Lipinski definition) is 13. The summed E-state index contributed by atoms with van der Waals surface area (Å²) in [6.07, 6.45) is 21.6. The van der Waals surface area contributed by atoms with Crippen molar-refractivity contribution in [2.24, 2.45) is 14.1 Å². The van der Waals surface area contributed by atoms with Crippen molar-refractivity contribution in [3.63, 3.8) is 0 Å². The van der Waals surface area contributed by atoms with E-state index in [1.54, 1.807) is 45.5 Å². The second-order valence-corrected chi connectivity index (χ2v) is 24.3. The fourth-order valence-corrected chi connectivity index (χ4v) is 11.7. The highest BCUT2D eigenvalue weighted by atomic mass is 32.1. The first-order valence-corrected chi connectivity index (χ1v) is 41.5. The molecule has 20 heteroatoms. The molecule has 0 spiro atoms. The monoisotopic (exact) mass is 1560 g/mol. The molecule has 0 atom stereocenters. The van der Waals surface area contributed by atoms with Crippen LogP contribution in [-0.4, -0.2) is 84.6 Å². The quantitative estimate of drug-likeness (QED) is 0.147. The Morgan fingerprint density at radius 3 is 1.73 bits per heavy atom. The summed E-state index contributed by atoms with van der Waals surface area (Å²) in [6.45, 7) is 52.2. The maximum atomic E-state index is 11.5. The summed E-state index contributed by atoms with van der Waals surface area (Å²) in [4.78, 5) is 54.0. The number of imidazole rings is 4. The van der Waals surface area contributed by atoms with Crippen LogP contribution in [0.2, 0.25) is 0 Å². The first-order chi connectivity index (χ1) is 54.5. The standard InChI is InChI=1S/C10H11NO.C9H10N2O.C9H10O.C8H8N2O.2C8H8N2.C8H7NS.C8H8O2.C6H6N2S.9C2H6/c1-7-2-4-9-8(6-7)3-5-10(12)11-9;1-8-4-7-10-5-2-3-6-11(10)9(8)12;1-7-2-3-9-8(6-7)4-5-10-9;1-10-7-5-3-2-4-6(7)9-8(10)11;1-10-6-9-7-4-2-3-5-8(7)10;1-7-6-9-8-4-2-3-5-10(7)8;2*1-6-2-3-7-8(4-6)10-5-9-7;1-5-4-7-6-8(5)2-3-9-6;9*1-2/h2,4,6H,3,5H2,1H3,(H,11,12);2-6H,7H2,1H3;2-3,6H,4-5H2,1H3;2-5H,1H3,(H,9,11);2*2-6H,1H3;2-5H,1H3;2-4H,5H2,1H3;2-4H,1H3;9*1-2H3. The number of pyridine rings is 1. The second-order valence-electron chi connectivity index (χ2n) is 22.6. The molecule has 0 fully saturated rings. The van der Waals surface area contributed by atoms with Gasteiger partial charge in [-0.05, 0) is 162 Å². The van der Waals surface area contributed by atoms with Crippen molar-refractivity contribution in [1.82, 2.24) is 52.9 Å². The number of aromatic nitrogens is 9. The normalized spacial score (nSPS) is 11.6. The number of para-hydroxylation sites is 4. The summed E-state index contributed by atoms with van der Waals surface area (Å²) in [7, 11) is 3.75.